The lowest BCUT2D eigenvalue weighted by Crippen LogP contribution is -2.27. The second-order valence-corrected chi connectivity index (χ2v) is 11.7. The summed E-state index contributed by atoms with van der Waals surface area (Å²) in [5.74, 6) is 1.45. The number of ether oxygens (including phenoxy) is 1. The largest absolute Gasteiger partial charge is 0.494 e. The van der Waals surface area contributed by atoms with E-state index in [4.69, 9.17) is 9.15 Å². The number of carbonyl (C=O) groups is 2. The van der Waals surface area contributed by atoms with Gasteiger partial charge in [-0.05, 0) is 85.3 Å². The number of thioether (sulfide) groups is 1. The molecule has 2 heterocycles. The zero-order valence-electron chi connectivity index (χ0n) is 21.6. The number of benzene rings is 3. The van der Waals surface area contributed by atoms with Gasteiger partial charge in [-0.3, -0.25) is 14.3 Å². The fourth-order valence-electron chi connectivity index (χ4n) is 4.19. The molecule has 1 aliphatic heterocycles. The molecule has 1 fully saturated rings. The van der Waals surface area contributed by atoms with Crippen molar-refractivity contribution >= 4 is 45.0 Å². The van der Waals surface area contributed by atoms with Crippen LogP contribution in [0.25, 0.3) is 0 Å². The third kappa shape index (κ3) is 6.32. The molecule has 0 bridgehead atoms. The lowest BCUT2D eigenvalue weighted by atomic mass is 10.1. The molecule has 9 nitrogen and oxygen atoms in total. The van der Waals surface area contributed by atoms with Gasteiger partial charge in [0.05, 0.1) is 30.1 Å². The highest BCUT2D eigenvalue weighted by Crippen LogP contribution is 2.39. The molecular weight excluding hydrogens is 550 g/mol. The van der Waals surface area contributed by atoms with Gasteiger partial charge in [-0.1, -0.05) is 12.1 Å². The maximum Gasteiger partial charge on any atom is 0.261 e. The first kappa shape index (κ1) is 27.4. The van der Waals surface area contributed by atoms with E-state index in [0.717, 1.165) is 5.56 Å². The Bertz CT molecular complexity index is 1570. The van der Waals surface area contributed by atoms with Crippen LogP contribution in [0.15, 0.2) is 101 Å². The standard InChI is InChI=1S/C29H27N3O6S2/c1-2-37-24-13-9-23(10-14-24)31-40(35,36)26-15-11-22(12-16-26)30-28(34)20-5-7-21(8-6-20)29-32(27(33)19-39-29)18-25-4-3-17-38-25/h3-17,29,31H,2,18-19H2,1H3,(H,30,34)/t29-/m1/s1. The van der Waals surface area contributed by atoms with E-state index < -0.39 is 10.0 Å². The maximum absolute atomic E-state index is 12.8. The van der Waals surface area contributed by atoms with Gasteiger partial charge in [0.1, 0.15) is 16.9 Å². The first-order valence-corrected chi connectivity index (χ1v) is 15.1. The number of sulfonamides is 1. The lowest BCUT2D eigenvalue weighted by molar-refractivity contribution is -0.128. The van der Waals surface area contributed by atoms with Gasteiger partial charge >= 0.3 is 0 Å². The van der Waals surface area contributed by atoms with Crippen LogP contribution in [0.3, 0.4) is 0 Å². The Labute approximate surface area is 236 Å². The Morgan fingerprint density at radius 2 is 1.70 bits per heavy atom. The summed E-state index contributed by atoms with van der Waals surface area (Å²) in [5, 5.41) is 2.62. The zero-order chi connectivity index (χ0) is 28.1. The van der Waals surface area contributed by atoms with Crippen molar-refractivity contribution < 1.29 is 27.2 Å². The third-order valence-electron chi connectivity index (χ3n) is 6.17. The first-order valence-electron chi connectivity index (χ1n) is 12.5. The average molecular weight is 578 g/mol. The zero-order valence-corrected chi connectivity index (χ0v) is 23.2. The molecule has 0 aliphatic carbocycles. The molecule has 1 aromatic heterocycles. The first-order chi connectivity index (χ1) is 19.3. The Morgan fingerprint density at radius 1 is 1.00 bits per heavy atom. The summed E-state index contributed by atoms with van der Waals surface area (Å²) in [5.41, 5.74) is 2.21. The van der Waals surface area contributed by atoms with Crippen LogP contribution >= 0.6 is 11.8 Å². The van der Waals surface area contributed by atoms with Crippen molar-refractivity contribution in [1.29, 1.82) is 0 Å². The van der Waals surface area contributed by atoms with Gasteiger partial charge in [-0.2, -0.15) is 0 Å². The summed E-state index contributed by atoms with van der Waals surface area (Å²) >= 11 is 1.53. The molecule has 1 atom stereocenters. The minimum Gasteiger partial charge on any atom is -0.494 e. The minimum absolute atomic E-state index is 0.0355. The number of hydrogen-bond acceptors (Lipinski definition) is 7. The van der Waals surface area contributed by atoms with Crippen LogP contribution in [0.4, 0.5) is 11.4 Å². The molecule has 0 saturated carbocycles. The molecule has 5 rings (SSSR count). The van der Waals surface area contributed by atoms with Crippen molar-refractivity contribution in [2.24, 2.45) is 0 Å². The Hall–Kier alpha value is -4.22. The highest BCUT2D eigenvalue weighted by atomic mass is 32.2. The molecule has 0 radical (unpaired) electrons. The van der Waals surface area contributed by atoms with E-state index in [1.165, 1.54) is 36.0 Å². The number of amides is 2. The van der Waals surface area contributed by atoms with Crippen LogP contribution in [-0.4, -0.2) is 37.5 Å². The van der Waals surface area contributed by atoms with Gasteiger partial charge in [-0.25, -0.2) is 8.42 Å². The number of nitrogens with zero attached hydrogens (tertiary/aromatic N) is 1. The minimum atomic E-state index is -3.81. The summed E-state index contributed by atoms with van der Waals surface area (Å²) < 4.78 is 38.9. The van der Waals surface area contributed by atoms with Crippen LogP contribution in [-0.2, 0) is 21.4 Å². The fraction of sp³-hybridized carbons (Fsp3) is 0.172. The van der Waals surface area contributed by atoms with E-state index in [2.05, 4.69) is 10.0 Å². The average Bonchev–Trinajstić information content (AvgIpc) is 3.60. The number of carbonyl (C=O) groups excluding carboxylic acids is 2. The molecule has 0 unspecified atom stereocenters. The Morgan fingerprint density at radius 3 is 2.35 bits per heavy atom. The van der Waals surface area contributed by atoms with Crippen LogP contribution in [0, 0.1) is 0 Å². The summed E-state index contributed by atoms with van der Waals surface area (Å²) in [6.07, 6.45) is 1.58. The van der Waals surface area contributed by atoms with Crippen LogP contribution in [0.2, 0.25) is 0 Å². The molecule has 2 amide bonds. The lowest BCUT2D eigenvalue weighted by Gasteiger charge is -2.23. The molecule has 4 aromatic rings. The quantitative estimate of drug-likeness (QED) is 0.255. The Kier molecular flexibility index (Phi) is 8.13. The van der Waals surface area contributed by atoms with Crippen molar-refractivity contribution in [2.75, 3.05) is 22.4 Å². The van der Waals surface area contributed by atoms with Crippen LogP contribution in [0.1, 0.15) is 34.0 Å². The normalized spacial score (nSPS) is 15.2. The monoisotopic (exact) mass is 577 g/mol. The van der Waals surface area contributed by atoms with Crippen molar-refractivity contribution in [1.82, 2.24) is 4.90 Å². The molecule has 3 aromatic carbocycles. The van der Waals surface area contributed by atoms with Gasteiger partial charge < -0.3 is 19.4 Å². The van der Waals surface area contributed by atoms with Crippen molar-refractivity contribution in [3.8, 4) is 5.75 Å². The number of hydrogen-bond donors (Lipinski definition) is 2. The van der Waals surface area contributed by atoms with E-state index in [1.54, 1.807) is 53.6 Å². The predicted octanol–water partition coefficient (Wildman–Crippen LogP) is 5.51. The van der Waals surface area contributed by atoms with E-state index in [9.17, 15) is 18.0 Å². The molecule has 11 heteroatoms. The van der Waals surface area contributed by atoms with E-state index >= 15 is 0 Å². The number of nitrogens with one attached hydrogen (secondary N) is 2. The van der Waals surface area contributed by atoms with E-state index in [1.807, 2.05) is 25.1 Å². The second kappa shape index (κ2) is 11.9. The molecule has 40 heavy (non-hydrogen) atoms. The van der Waals surface area contributed by atoms with E-state index in [-0.39, 0.29) is 22.1 Å². The fourth-order valence-corrected chi connectivity index (χ4v) is 6.44. The SMILES string of the molecule is CCOc1ccc(NS(=O)(=O)c2ccc(NC(=O)c3ccc([C@H]4SCC(=O)N4Cc4ccco4)cc3)cc2)cc1. The molecule has 1 saturated heterocycles. The van der Waals surface area contributed by atoms with Gasteiger partial charge in [-0.15, -0.1) is 11.8 Å². The molecular formula is C29H27N3O6S2. The molecule has 0 spiro atoms. The van der Waals surface area contributed by atoms with Crippen LogP contribution < -0.4 is 14.8 Å². The Balaban J connectivity index is 1.20. The number of anilines is 2. The van der Waals surface area contributed by atoms with Crippen molar-refractivity contribution in [2.45, 2.75) is 23.7 Å². The van der Waals surface area contributed by atoms with Gasteiger partial charge in [0, 0.05) is 16.9 Å². The second-order valence-electron chi connectivity index (χ2n) is 8.93. The van der Waals surface area contributed by atoms with Gasteiger partial charge in [0.25, 0.3) is 15.9 Å². The smallest absolute Gasteiger partial charge is 0.261 e. The topological polar surface area (TPSA) is 118 Å². The maximum atomic E-state index is 12.8. The molecule has 206 valence electrons. The van der Waals surface area contributed by atoms with E-state index in [0.29, 0.717) is 47.4 Å². The van der Waals surface area contributed by atoms with Crippen molar-refractivity contribution in [3.63, 3.8) is 0 Å². The van der Waals surface area contributed by atoms with Gasteiger partial charge in [0.2, 0.25) is 5.91 Å². The number of furan rings is 1. The summed E-state index contributed by atoms with van der Waals surface area (Å²) in [6.45, 7) is 2.77. The molecule has 2 N–H and O–H groups in total. The molecule has 1 aliphatic rings. The summed E-state index contributed by atoms with van der Waals surface area (Å²) in [4.78, 5) is 27.1. The summed E-state index contributed by atoms with van der Waals surface area (Å²) in [7, 11) is -3.81. The highest BCUT2D eigenvalue weighted by Gasteiger charge is 2.33. The van der Waals surface area contributed by atoms with Crippen LogP contribution in [0.5, 0.6) is 5.75 Å². The predicted molar refractivity (Wildman–Crippen MR) is 154 cm³/mol. The third-order valence-corrected chi connectivity index (χ3v) is 8.83. The van der Waals surface area contributed by atoms with Gasteiger partial charge in [0.15, 0.2) is 0 Å². The number of rotatable bonds is 10. The highest BCUT2D eigenvalue weighted by molar-refractivity contribution is 8.00. The van der Waals surface area contributed by atoms with Crippen molar-refractivity contribution in [3.05, 3.63) is 108 Å². The summed E-state index contributed by atoms with van der Waals surface area (Å²) in [6, 6.07) is 23.3.